The molecule has 0 saturated carbocycles. The molecule has 13 atom stereocenters. The number of hydrogen-bond acceptors (Lipinski definition) is 16. The van der Waals surface area contributed by atoms with Crippen molar-refractivity contribution in [1.82, 2.24) is 19.7 Å². The maximum Gasteiger partial charge on any atom is 0.387 e. The summed E-state index contributed by atoms with van der Waals surface area (Å²) >= 11 is 0. The van der Waals surface area contributed by atoms with Crippen LogP contribution in [0.5, 0.6) is 0 Å². The van der Waals surface area contributed by atoms with Crippen LogP contribution < -0.4 is 0 Å². The third-order valence-corrected chi connectivity index (χ3v) is 12.3. The van der Waals surface area contributed by atoms with Crippen LogP contribution in [0.15, 0.2) is 47.0 Å². The summed E-state index contributed by atoms with van der Waals surface area (Å²) in [5, 5.41) is 34.5. The number of aliphatic hydroxyl groups is 1. The number of hydrazone groups is 1. The van der Waals surface area contributed by atoms with Gasteiger partial charge in [-0.25, -0.2) is 9.89 Å². The van der Waals surface area contributed by atoms with Crippen LogP contribution in [0.1, 0.15) is 87.3 Å². The van der Waals surface area contributed by atoms with Gasteiger partial charge in [-0.05, 0) is 79.3 Å². The predicted molar refractivity (Wildman–Crippen MR) is 224 cm³/mol. The van der Waals surface area contributed by atoms with Crippen molar-refractivity contribution >= 4 is 29.1 Å². The molecule has 20 heteroatoms. The molecule has 2 aromatic heterocycles. The number of ketones is 1. The Kier molecular flexibility index (Phi) is 16.3. The third-order valence-electron chi connectivity index (χ3n) is 12.3. The van der Waals surface area contributed by atoms with Gasteiger partial charge in [-0.2, -0.15) is 5.10 Å². The molecule has 3 fully saturated rings. The highest BCUT2D eigenvalue weighted by Crippen LogP contribution is 2.40. The molecule has 0 amide bonds. The number of aromatic nitrogens is 3. The van der Waals surface area contributed by atoms with E-state index < -0.39 is 88.3 Å². The summed E-state index contributed by atoms with van der Waals surface area (Å²) in [5.74, 6) is -6.15. The van der Waals surface area contributed by atoms with E-state index >= 15 is 0 Å². The van der Waals surface area contributed by atoms with E-state index in [-0.39, 0.29) is 56.2 Å². The zero-order valence-electron chi connectivity index (χ0n) is 38.1. The van der Waals surface area contributed by atoms with E-state index in [1.54, 1.807) is 70.0 Å². The molecule has 2 N–H and O–H groups in total. The quantitative estimate of drug-likeness (QED) is 0.196. The lowest BCUT2D eigenvalue weighted by atomic mass is 9.74. The van der Waals surface area contributed by atoms with E-state index in [0.717, 1.165) is 5.69 Å². The van der Waals surface area contributed by atoms with Gasteiger partial charge in [-0.15, -0.1) is 0 Å². The Bertz CT molecular complexity index is 1960. The average Bonchev–Trinajstić information content (AvgIpc) is 3.76. The first-order valence-corrected chi connectivity index (χ1v) is 21.4. The Balaban J connectivity index is 1.66. The van der Waals surface area contributed by atoms with E-state index in [9.17, 15) is 29.6 Å². The fraction of sp³-hybridized carbons (Fsp3) is 0.698. The van der Waals surface area contributed by atoms with Crippen LogP contribution >= 0.6 is 0 Å². The van der Waals surface area contributed by atoms with Gasteiger partial charge in [-0.3, -0.25) is 19.4 Å². The van der Waals surface area contributed by atoms with Crippen LogP contribution in [-0.2, 0) is 54.2 Å². The van der Waals surface area contributed by atoms with Crippen LogP contribution in [-0.4, -0.2) is 146 Å². The summed E-state index contributed by atoms with van der Waals surface area (Å²) < 4.78 is 40.1. The average molecular weight is 887 g/mol. The maximum absolute atomic E-state index is 14.6. The smallest absolute Gasteiger partial charge is 0.387 e. The second kappa shape index (κ2) is 20.8. The molecule has 3 saturated heterocycles. The number of fused-ring (bicyclic) bond motifs is 5. The molecule has 5 heterocycles. The van der Waals surface area contributed by atoms with Crippen LogP contribution in [0, 0.1) is 28.6 Å². The molecule has 0 aliphatic carbocycles. The molecule has 5 rings (SSSR count). The van der Waals surface area contributed by atoms with Crippen molar-refractivity contribution in [2.75, 3.05) is 27.3 Å². The molecule has 2 aromatic rings. The van der Waals surface area contributed by atoms with Crippen molar-refractivity contribution in [3.05, 3.63) is 47.4 Å². The van der Waals surface area contributed by atoms with Crippen molar-refractivity contribution < 1.29 is 63.0 Å². The Morgan fingerprint density at radius 2 is 1.84 bits per heavy atom. The van der Waals surface area contributed by atoms with Crippen LogP contribution in [0.2, 0.25) is 0 Å². The van der Waals surface area contributed by atoms with Gasteiger partial charge in [0.25, 0.3) is 0 Å². The fourth-order valence-corrected chi connectivity index (χ4v) is 9.05. The van der Waals surface area contributed by atoms with Gasteiger partial charge in [-0.1, -0.05) is 32.9 Å². The molecule has 3 aliphatic rings. The minimum Gasteiger partial charge on any atom is -0.459 e. The second-order valence-corrected chi connectivity index (χ2v) is 17.6. The van der Waals surface area contributed by atoms with E-state index in [1.165, 1.54) is 20.8 Å². The Hall–Kier alpha value is -4.73. The molecular weight excluding hydrogens is 823 g/mol. The summed E-state index contributed by atoms with van der Waals surface area (Å²) in [5.41, 5.74) is -1.90. The Labute approximate surface area is 367 Å². The van der Waals surface area contributed by atoms with Crippen LogP contribution in [0.3, 0.4) is 0 Å². The first-order valence-electron chi connectivity index (χ1n) is 21.4. The molecule has 0 radical (unpaired) electrons. The van der Waals surface area contributed by atoms with Gasteiger partial charge in [0.2, 0.25) is 0 Å². The number of Topliss-reactive ketones (excluding diaryl/α,β-unsaturated/α-hetero) is 1. The highest BCUT2D eigenvalue weighted by molar-refractivity contribution is 6.00. The summed E-state index contributed by atoms with van der Waals surface area (Å²) in [4.78, 5) is 65.7. The number of carbonyl (C=O) groups excluding carboxylic acids is 3. The number of likely N-dealkylation sites (N-methyl/N-ethyl adjacent to an activating group) is 1. The first kappa shape index (κ1) is 49.3. The largest absolute Gasteiger partial charge is 0.459 e. The number of cyclic esters (lactones) is 1. The molecule has 0 aromatic carbocycles. The van der Waals surface area contributed by atoms with Crippen molar-refractivity contribution in [2.45, 2.75) is 142 Å². The number of carbonyl (C=O) groups is 3. The monoisotopic (exact) mass is 886 g/mol. The van der Waals surface area contributed by atoms with Crippen molar-refractivity contribution in [3.8, 4) is 5.69 Å². The number of rotatable bonds is 10. The number of oxime groups is 1. The highest BCUT2D eigenvalue weighted by Gasteiger charge is 2.54. The lowest BCUT2D eigenvalue weighted by molar-refractivity contribution is -0.796. The van der Waals surface area contributed by atoms with Crippen LogP contribution in [0.4, 0.5) is 0 Å². The molecule has 3 aliphatic heterocycles. The summed E-state index contributed by atoms with van der Waals surface area (Å²) in [6.07, 6.45) is -0.615. The first-order chi connectivity index (χ1) is 29.7. The lowest BCUT2D eigenvalue weighted by Gasteiger charge is -2.48. The van der Waals surface area contributed by atoms with Crippen molar-refractivity contribution in [3.63, 3.8) is 0 Å². The summed E-state index contributed by atoms with van der Waals surface area (Å²) in [7, 11) is 3.70. The Morgan fingerprint density at radius 3 is 2.44 bits per heavy atom. The molecular formula is C43H64N7O13+. The Morgan fingerprint density at radius 1 is 1.11 bits per heavy atom. The summed E-state index contributed by atoms with van der Waals surface area (Å²) in [6.45, 7) is 13.8. The zero-order valence-corrected chi connectivity index (χ0v) is 38.1. The number of hydrogen-bond donors (Lipinski definition) is 2. The van der Waals surface area contributed by atoms with Crippen molar-refractivity contribution in [1.29, 1.82) is 0 Å². The zero-order chi connectivity index (χ0) is 46.4. The third kappa shape index (κ3) is 11.7. The number of nitrogens with zero attached hydrogens (tertiary/aromatic N) is 7. The molecule has 0 unspecified atom stereocenters. The normalized spacial score (nSPS) is 36.2. The molecule has 63 heavy (non-hydrogen) atoms. The minimum atomic E-state index is -1.97. The van der Waals surface area contributed by atoms with Crippen LogP contribution in [0.25, 0.3) is 5.69 Å². The SMILES string of the molecule is CC[C@H]1OC(=O)[C@H](C)C(=O)[C@H](C)[C@@H](O[C@@H]2O[C@H](C)C[C@H](N(C)C)[C@H]2OC(C)=O)[C@@]2(C)C[C@@H](C)/C(=N\[N+](=O)O)[C@H](C)[C@@H](OC/C(=N\OCc3ccc(-n4cccn4)cn3)CO2)[C@]1(C)O. The minimum absolute atomic E-state index is 0.0184. The number of esters is 2. The van der Waals surface area contributed by atoms with Crippen molar-refractivity contribution in [2.24, 2.45) is 33.9 Å². The fourth-order valence-electron chi connectivity index (χ4n) is 9.05. The maximum atomic E-state index is 14.6. The van der Waals surface area contributed by atoms with Gasteiger partial charge in [0.1, 0.15) is 34.0 Å². The van der Waals surface area contributed by atoms with E-state index in [2.05, 4.69) is 20.3 Å². The van der Waals surface area contributed by atoms with Gasteiger partial charge in [0.05, 0.1) is 65.8 Å². The number of ether oxygens (including phenoxy) is 6. The highest BCUT2D eigenvalue weighted by atomic mass is 16.7. The van der Waals surface area contributed by atoms with E-state index in [4.69, 9.17) is 33.3 Å². The number of pyridine rings is 1. The van der Waals surface area contributed by atoms with E-state index in [1.807, 2.05) is 32.0 Å². The molecule has 2 bridgehead atoms. The predicted octanol–water partition coefficient (Wildman–Crippen LogP) is 3.81. The van der Waals surface area contributed by atoms with Gasteiger partial charge >= 0.3 is 17.0 Å². The van der Waals surface area contributed by atoms with Gasteiger partial charge in [0, 0.05) is 37.1 Å². The lowest BCUT2D eigenvalue weighted by Crippen LogP contribution is -2.60. The topological polar surface area (TPSA) is 235 Å². The molecule has 348 valence electrons. The van der Waals surface area contributed by atoms with Gasteiger partial charge in [0.15, 0.2) is 24.8 Å². The molecule has 0 spiro atoms. The second-order valence-electron chi connectivity index (χ2n) is 17.6. The van der Waals surface area contributed by atoms with Gasteiger partial charge < -0.3 is 43.3 Å². The molecule has 20 nitrogen and oxygen atoms in total. The van der Waals surface area contributed by atoms with E-state index in [0.29, 0.717) is 12.1 Å². The standard InChI is InChI=1S/C43H64N7O13/c1-12-34-43(9,54)39-26(4)35(46-50(55)56)24(2)19-42(8,58-22-31(21-57-39)47-59-23-30-14-15-32(20-44-30)49-17-13-16-45-49)38(27(5)36(52)28(6)40(53)62-34)63-41-37(61-29(7)51)33(48(10)11)18-25(3)60-41/h13-17,20,24-28,33-34,37-39,41,54H,12,18-19,21-23H2,1-11H3,(H,55,56)/q+1/b46-35+,47-31+/t24-,25-,26+,27+,28-,33+,34-,37-,38-,39-,41+,42-,43-/m1/s1. The summed E-state index contributed by atoms with van der Waals surface area (Å²) in [6, 6.07) is 5.04.